The number of hydrogen-bond donors (Lipinski definition) is 1. The Morgan fingerprint density at radius 2 is 1.91 bits per heavy atom. The van der Waals surface area contributed by atoms with E-state index in [0.29, 0.717) is 19.0 Å². The first kappa shape index (κ1) is 20.7. The van der Waals surface area contributed by atoms with E-state index in [-0.39, 0.29) is 5.95 Å². The molecule has 0 aliphatic carbocycles. The van der Waals surface area contributed by atoms with Gasteiger partial charge in [0.05, 0.1) is 41.0 Å². The first-order chi connectivity index (χ1) is 15.5. The minimum absolute atomic E-state index is 0.233. The number of rotatable bonds is 6. The maximum atomic E-state index is 5.65. The van der Waals surface area contributed by atoms with Crippen molar-refractivity contribution in [3.8, 4) is 11.4 Å². The quantitative estimate of drug-likeness (QED) is 0.470. The van der Waals surface area contributed by atoms with Gasteiger partial charge in [-0.2, -0.15) is 0 Å². The normalized spacial score (nSPS) is 14.5. The Morgan fingerprint density at radius 3 is 2.62 bits per heavy atom. The standard InChI is InChI=1S/C21H25N9OS/c1-28(10-15-11-29(2)13-25-15)12-16-7-17-18(32-16)20(30-3-5-31-6-4-30)27-19(26-17)14-8-23-21(22)24-9-14/h7-9,11,13H,3-6,10,12H2,1-2H3,(H2,22,23,24). The molecule has 1 saturated heterocycles. The summed E-state index contributed by atoms with van der Waals surface area (Å²) in [5.74, 6) is 1.77. The van der Waals surface area contributed by atoms with E-state index in [0.717, 1.165) is 53.5 Å². The van der Waals surface area contributed by atoms with E-state index < -0.39 is 0 Å². The number of morpholine rings is 1. The molecule has 166 valence electrons. The van der Waals surface area contributed by atoms with Gasteiger partial charge in [-0.15, -0.1) is 11.3 Å². The second-order valence-corrected chi connectivity index (χ2v) is 9.07. The smallest absolute Gasteiger partial charge is 0.219 e. The van der Waals surface area contributed by atoms with Crippen molar-refractivity contribution in [2.45, 2.75) is 13.1 Å². The van der Waals surface area contributed by atoms with E-state index in [1.54, 1.807) is 23.7 Å². The molecule has 11 heteroatoms. The highest BCUT2D eigenvalue weighted by atomic mass is 32.1. The molecule has 0 radical (unpaired) electrons. The van der Waals surface area contributed by atoms with Crippen molar-refractivity contribution in [2.24, 2.45) is 7.05 Å². The third-order valence-corrected chi connectivity index (χ3v) is 6.37. The Kier molecular flexibility index (Phi) is 5.68. The third-order valence-electron chi connectivity index (χ3n) is 5.26. The Morgan fingerprint density at radius 1 is 1.12 bits per heavy atom. The number of aryl methyl sites for hydroxylation is 1. The summed E-state index contributed by atoms with van der Waals surface area (Å²) in [7, 11) is 4.09. The van der Waals surface area contributed by atoms with Gasteiger partial charge in [0, 0.05) is 56.7 Å². The van der Waals surface area contributed by atoms with Gasteiger partial charge in [0.15, 0.2) is 11.6 Å². The molecule has 0 bridgehead atoms. The predicted molar refractivity (Wildman–Crippen MR) is 124 cm³/mol. The average Bonchev–Trinajstić information content (AvgIpc) is 3.39. The molecule has 4 aromatic rings. The van der Waals surface area contributed by atoms with Gasteiger partial charge in [0.25, 0.3) is 0 Å². The summed E-state index contributed by atoms with van der Waals surface area (Å²) < 4.78 is 8.61. The Balaban J connectivity index is 1.48. The van der Waals surface area contributed by atoms with Crippen LogP contribution in [0.3, 0.4) is 0 Å². The summed E-state index contributed by atoms with van der Waals surface area (Å²) in [5, 5.41) is 0. The van der Waals surface area contributed by atoms with Gasteiger partial charge in [-0.25, -0.2) is 24.9 Å². The molecule has 5 heterocycles. The van der Waals surface area contributed by atoms with Crippen LogP contribution in [0.5, 0.6) is 0 Å². The van der Waals surface area contributed by atoms with E-state index in [2.05, 4.69) is 37.9 Å². The molecule has 0 amide bonds. The van der Waals surface area contributed by atoms with Crippen LogP contribution in [0.15, 0.2) is 31.0 Å². The number of imidazole rings is 1. The van der Waals surface area contributed by atoms with Gasteiger partial charge in [-0.3, -0.25) is 4.90 Å². The van der Waals surface area contributed by atoms with Crippen molar-refractivity contribution >= 4 is 33.3 Å². The van der Waals surface area contributed by atoms with Crippen molar-refractivity contribution in [3.05, 3.63) is 41.6 Å². The lowest BCUT2D eigenvalue weighted by atomic mass is 10.3. The van der Waals surface area contributed by atoms with Crippen molar-refractivity contribution in [2.75, 3.05) is 44.0 Å². The lowest BCUT2D eigenvalue weighted by molar-refractivity contribution is 0.122. The van der Waals surface area contributed by atoms with Crippen LogP contribution in [-0.2, 0) is 24.9 Å². The highest BCUT2D eigenvalue weighted by molar-refractivity contribution is 7.19. The van der Waals surface area contributed by atoms with Crippen molar-refractivity contribution in [1.82, 2.24) is 34.4 Å². The number of nitrogens with zero attached hydrogens (tertiary/aromatic N) is 8. The highest BCUT2D eigenvalue weighted by Crippen LogP contribution is 2.34. The molecule has 0 atom stereocenters. The molecule has 1 aliphatic heterocycles. The second kappa shape index (κ2) is 8.77. The van der Waals surface area contributed by atoms with E-state index >= 15 is 0 Å². The van der Waals surface area contributed by atoms with Crippen LogP contribution in [0.25, 0.3) is 21.6 Å². The zero-order chi connectivity index (χ0) is 22.1. The van der Waals surface area contributed by atoms with Crippen molar-refractivity contribution < 1.29 is 4.74 Å². The van der Waals surface area contributed by atoms with E-state index in [9.17, 15) is 0 Å². The lowest BCUT2D eigenvalue weighted by Crippen LogP contribution is -2.36. The average molecular weight is 452 g/mol. The molecule has 1 aliphatic rings. The minimum atomic E-state index is 0.233. The second-order valence-electron chi connectivity index (χ2n) is 7.93. The number of aromatic nitrogens is 6. The molecule has 32 heavy (non-hydrogen) atoms. The van der Waals surface area contributed by atoms with Gasteiger partial charge >= 0.3 is 0 Å². The zero-order valence-corrected chi connectivity index (χ0v) is 18.9. The number of nitrogen functional groups attached to an aromatic ring is 1. The minimum Gasteiger partial charge on any atom is -0.378 e. The first-order valence-corrected chi connectivity index (χ1v) is 11.2. The van der Waals surface area contributed by atoms with Crippen LogP contribution in [0.4, 0.5) is 11.8 Å². The Bertz CT molecular complexity index is 1210. The molecule has 5 rings (SSSR count). The van der Waals surface area contributed by atoms with Crippen LogP contribution >= 0.6 is 11.3 Å². The fourth-order valence-corrected chi connectivity index (χ4v) is 4.95. The van der Waals surface area contributed by atoms with E-state index in [1.165, 1.54) is 4.88 Å². The molecule has 0 saturated carbocycles. The van der Waals surface area contributed by atoms with E-state index in [4.69, 9.17) is 20.4 Å². The fourth-order valence-electron chi connectivity index (χ4n) is 3.76. The number of thiophene rings is 1. The fraction of sp³-hybridized carbons (Fsp3) is 0.381. The van der Waals surface area contributed by atoms with Crippen molar-refractivity contribution in [1.29, 1.82) is 0 Å². The summed E-state index contributed by atoms with van der Waals surface area (Å²) in [6.45, 7) is 4.58. The summed E-state index contributed by atoms with van der Waals surface area (Å²) >= 11 is 1.74. The van der Waals surface area contributed by atoms with Gasteiger partial charge in [-0.1, -0.05) is 0 Å². The highest BCUT2D eigenvalue weighted by Gasteiger charge is 2.21. The molecule has 1 fully saturated rings. The van der Waals surface area contributed by atoms with Crippen LogP contribution in [0.2, 0.25) is 0 Å². The lowest BCUT2D eigenvalue weighted by Gasteiger charge is -2.28. The Labute approximate surface area is 189 Å². The molecule has 2 N–H and O–H groups in total. The maximum Gasteiger partial charge on any atom is 0.219 e. The monoisotopic (exact) mass is 451 g/mol. The van der Waals surface area contributed by atoms with Gasteiger partial charge in [0.2, 0.25) is 5.95 Å². The first-order valence-electron chi connectivity index (χ1n) is 10.4. The number of ether oxygens (including phenoxy) is 1. The van der Waals surface area contributed by atoms with Crippen LogP contribution < -0.4 is 10.6 Å². The Hall–Kier alpha value is -3.15. The topological polar surface area (TPSA) is 111 Å². The molecule has 10 nitrogen and oxygen atoms in total. The molecular weight excluding hydrogens is 426 g/mol. The number of hydrogen-bond acceptors (Lipinski definition) is 10. The number of anilines is 2. The van der Waals surface area contributed by atoms with Crippen LogP contribution in [-0.4, -0.2) is 67.7 Å². The predicted octanol–water partition coefficient (Wildman–Crippen LogP) is 1.93. The van der Waals surface area contributed by atoms with Crippen molar-refractivity contribution in [3.63, 3.8) is 0 Å². The number of fused-ring (bicyclic) bond motifs is 1. The molecule has 0 spiro atoms. The molecule has 0 aromatic carbocycles. The summed E-state index contributed by atoms with van der Waals surface area (Å²) in [6.07, 6.45) is 7.21. The summed E-state index contributed by atoms with van der Waals surface area (Å²) in [6, 6.07) is 2.15. The SMILES string of the molecule is CN(Cc1cn(C)cn1)Cc1cc2nc(-c3cnc(N)nc3)nc(N3CCOCC3)c2s1. The molecular formula is C21H25N9OS. The third kappa shape index (κ3) is 4.40. The molecule has 0 unspecified atom stereocenters. The number of nitrogens with two attached hydrogens (primary N) is 1. The van der Waals surface area contributed by atoms with Crippen LogP contribution in [0, 0.1) is 0 Å². The summed E-state index contributed by atoms with van der Waals surface area (Å²) in [4.78, 5) is 28.1. The zero-order valence-electron chi connectivity index (χ0n) is 18.1. The maximum absolute atomic E-state index is 5.65. The summed E-state index contributed by atoms with van der Waals surface area (Å²) in [5.41, 5.74) is 8.38. The molecule has 4 aromatic heterocycles. The van der Waals surface area contributed by atoms with Gasteiger partial charge in [-0.05, 0) is 13.1 Å². The van der Waals surface area contributed by atoms with E-state index in [1.807, 2.05) is 24.1 Å². The van der Waals surface area contributed by atoms with Gasteiger partial charge < -0.3 is 19.9 Å². The largest absolute Gasteiger partial charge is 0.378 e. The van der Waals surface area contributed by atoms with Crippen LogP contribution in [0.1, 0.15) is 10.6 Å². The van der Waals surface area contributed by atoms with Gasteiger partial charge in [0.1, 0.15) is 0 Å².